The van der Waals surface area contributed by atoms with Crippen molar-refractivity contribution < 1.29 is 41.6 Å². The van der Waals surface area contributed by atoms with Crippen molar-refractivity contribution >= 4 is 28.8 Å². The first-order valence-electron chi connectivity index (χ1n) is 13.1. The molecule has 16 heteroatoms. The number of imidazole rings is 1. The minimum atomic E-state index is -1.44. The zero-order valence-corrected chi connectivity index (χ0v) is 22.6. The summed E-state index contributed by atoms with van der Waals surface area (Å²) in [6, 6.07) is 0. The largest absolute Gasteiger partial charge is 2.00 e. The topological polar surface area (TPSA) is 205 Å². The average molecular weight is 598 g/mol. The van der Waals surface area contributed by atoms with Crippen LogP contribution in [0.4, 0.5) is 5.82 Å². The number of nitrogens with zero attached hydrogens (tertiary/aromatic N) is 5. The van der Waals surface area contributed by atoms with E-state index in [9.17, 15) is 19.8 Å². The Bertz CT molecular complexity index is 1060. The third kappa shape index (κ3) is 8.05. The number of carbonyl (C=O) groups excluding carboxylic acids is 2. The molecule has 0 bridgehead atoms. The van der Waals surface area contributed by atoms with E-state index < -0.39 is 30.4 Å². The summed E-state index contributed by atoms with van der Waals surface area (Å²) in [5.41, 5.74) is 6.46. The van der Waals surface area contributed by atoms with Crippen molar-refractivity contribution in [2.75, 3.05) is 64.6 Å². The Hall–Kier alpha value is -2.43. The monoisotopic (exact) mass is 597 g/mol. The molecule has 2 aliphatic heterocycles. The van der Waals surface area contributed by atoms with E-state index in [1.54, 1.807) is 0 Å². The van der Waals surface area contributed by atoms with E-state index in [0.717, 1.165) is 39.3 Å². The molecule has 2 aromatic heterocycles. The fourth-order valence-corrected chi connectivity index (χ4v) is 4.55. The first kappa shape index (κ1) is 31.1. The van der Waals surface area contributed by atoms with Gasteiger partial charge in [-0.1, -0.05) is 0 Å². The van der Waals surface area contributed by atoms with Crippen molar-refractivity contribution in [1.82, 2.24) is 45.7 Å². The van der Waals surface area contributed by atoms with Gasteiger partial charge in [0.05, 0.1) is 6.33 Å². The first-order valence-corrected chi connectivity index (χ1v) is 13.1. The van der Waals surface area contributed by atoms with Crippen LogP contribution in [0, 0.1) is 0 Å². The van der Waals surface area contributed by atoms with E-state index in [2.05, 4.69) is 36.2 Å². The minimum absolute atomic E-state index is 0. The third-order valence-corrected chi connectivity index (χ3v) is 6.70. The Morgan fingerprint density at radius 1 is 1.00 bits per heavy atom. The number of rotatable bonds is 7. The van der Waals surface area contributed by atoms with Gasteiger partial charge >= 0.3 is 17.1 Å². The quantitative estimate of drug-likeness (QED) is 0.125. The molecule has 219 valence electrons. The van der Waals surface area contributed by atoms with Crippen LogP contribution in [-0.4, -0.2) is 124 Å². The predicted octanol–water partition coefficient (Wildman–Crippen LogP) is -3.08. The standard InChI is InChI=1S/C23H38N10O5.Cu/c24-20-16-21(30-13-29-20)33(14-31-16)23-18(36)17(35)19(38-23)22(37)28-4-2-1-3-15(34)32-11-9-26-7-5-25-6-8-27-10-12-32;/h13-14,17-19,23,25-27,35-36H,1-12H2,(H,28,37)(H2,24,29,30);/q;+2/t17-,18+,19-,23+;/m0./s1. The number of nitrogen functional groups attached to an aromatic ring is 1. The number of aromatic nitrogens is 4. The number of anilines is 1. The van der Waals surface area contributed by atoms with E-state index in [1.807, 2.05) is 4.90 Å². The SMILES string of the molecule is Nc1ncnc2c1ncn2[C@@H]1O[C@H](C(=O)NCCCCC(=O)N2CCNCCNCCNCC2)[C@@H](O)[C@H]1O.[Cu+2]. The van der Waals surface area contributed by atoms with Gasteiger partial charge in [-0.05, 0) is 12.8 Å². The molecule has 0 aromatic carbocycles. The van der Waals surface area contributed by atoms with Crippen LogP contribution in [0.5, 0.6) is 0 Å². The molecule has 0 aliphatic carbocycles. The van der Waals surface area contributed by atoms with Crippen LogP contribution >= 0.6 is 0 Å². The van der Waals surface area contributed by atoms with Gasteiger partial charge in [0, 0.05) is 65.3 Å². The zero-order valence-electron chi connectivity index (χ0n) is 21.7. The average Bonchev–Trinajstić information content (AvgIpc) is 3.45. The van der Waals surface area contributed by atoms with Gasteiger partial charge < -0.3 is 46.9 Å². The number of nitrogens with two attached hydrogens (primary N) is 1. The number of hydrogen-bond donors (Lipinski definition) is 7. The second kappa shape index (κ2) is 15.4. The van der Waals surface area contributed by atoms with Crippen molar-refractivity contribution in [3.8, 4) is 0 Å². The second-order valence-electron chi connectivity index (χ2n) is 9.39. The fraction of sp³-hybridized carbons (Fsp3) is 0.696. The Kier molecular flexibility index (Phi) is 12.3. The normalized spacial score (nSPS) is 24.9. The van der Waals surface area contributed by atoms with E-state index >= 15 is 0 Å². The number of aliphatic hydroxyl groups excluding tert-OH is 2. The molecule has 1 radical (unpaired) electrons. The molecular formula is C23H38CuN10O5+2. The van der Waals surface area contributed by atoms with Crippen LogP contribution in [-0.2, 0) is 31.4 Å². The minimum Gasteiger partial charge on any atom is -0.387 e. The number of carbonyl (C=O) groups is 2. The Balaban J connectivity index is 0.00000420. The molecule has 0 saturated carbocycles. The van der Waals surface area contributed by atoms with Crippen molar-refractivity contribution in [2.24, 2.45) is 0 Å². The number of amides is 2. The molecule has 4 heterocycles. The van der Waals surface area contributed by atoms with Gasteiger partial charge in [-0.25, -0.2) is 15.0 Å². The smallest absolute Gasteiger partial charge is 0.387 e. The van der Waals surface area contributed by atoms with Crippen LogP contribution in [0.3, 0.4) is 0 Å². The summed E-state index contributed by atoms with van der Waals surface area (Å²) in [7, 11) is 0. The van der Waals surface area contributed by atoms with Crippen LogP contribution in [0.25, 0.3) is 11.2 Å². The Labute approximate surface area is 237 Å². The molecule has 2 amide bonds. The summed E-state index contributed by atoms with van der Waals surface area (Å²) < 4.78 is 7.12. The predicted molar refractivity (Wildman–Crippen MR) is 138 cm³/mol. The van der Waals surface area contributed by atoms with Crippen LogP contribution in [0.1, 0.15) is 25.5 Å². The maximum Gasteiger partial charge on any atom is 2.00 e. The second-order valence-corrected chi connectivity index (χ2v) is 9.39. The van der Waals surface area contributed by atoms with Crippen LogP contribution in [0.2, 0.25) is 0 Å². The molecule has 15 nitrogen and oxygen atoms in total. The van der Waals surface area contributed by atoms with Crippen LogP contribution in [0.15, 0.2) is 12.7 Å². The van der Waals surface area contributed by atoms with Gasteiger partial charge in [0.2, 0.25) is 5.91 Å². The molecule has 0 unspecified atom stereocenters. The molecule has 4 rings (SSSR count). The van der Waals surface area contributed by atoms with E-state index in [1.165, 1.54) is 17.2 Å². The van der Waals surface area contributed by atoms with Gasteiger partial charge in [-0.3, -0.25) is 14.2 Å². The molecule has 2 saturated heterocycles. The van der Waals surface area contributed by atoms with Crippen molar-refractivity contribution in [3.63, 3.8) is 0 Å². The zero-order chi connectivity index (χ0) is 26.9. The molecular weight excluding hydrogens is 560 g/mol. The van der Waals surface area contributed by atoms with Crippen molar-refractivity contribution in [3.05, 3.63) is 12.7 Å². The summed E-state index contributed by atoms with van der Waals surface area (Å²) in [4.78, 5) is 39.4. The van der Waals surface area contributed by atoms with E-state index in [4.69, 9.17) is 10.5 Å². The number of nitrogens with one attached hydrogen (secondary N) is 4. The first-order chi connectivity index (χ1) is 18.5. The molecule has 2 fully saturated rings. The van der Waals surface area contributed by atoms with Gasteiger partial charge in [0.1, 0.15) is 24.1 Å². The van der Waals surface area contributed by atoms with Crippen molar-refractivity contribution in [1.29, 1.82) is 0 Å². The Morgan fingerprint density at radius 3 is 2.36 bits per heavy atom. The number of unbranched alkanes of at least 4 members (excludes halogenated alkanes) is 1. The third-order valence-electron chi connectivity index (χ3n) is 6.70. The number of aliphatic hydroxyl groups is 2. The molecule has 0 spiro atoms. The summed E-state index contributed by atoms with van der Waals surface area (Å²) in [6.45, 7) is 6.63. The summed E-state index contributed by atoms with van der Waals surface area (Å²) >= 11 is 0. The summed E-state index contributed by atoms with van der Waals surface area (Å²) in [6.07, 6.45) is -0.944. The van der Waals surface area contributed by atoms with Gasteiger partial charge in [0.15, 0.2) is 23.8 Å². The van der Waals surface area contributed by atoms with Gasteiger partial charge in [-0.15, -0.1) is 0 Å². The number of ether oxygens (including phenoxy) is 1. The number of fused-ring (bicyclic) bond motifs is 1. The summed E-state index contributed by atoms with van der Waals surface area (Å²) in [5, 5.41) is 33.8. The molecule has 4 atom stereocenters. The summed E-state index contributed by atoms with van der Waals surface area (Å²) in [5.74, 6) is -0.283. The van der Waals surface area contributed by atoms with Gasteiger partial charge in [-0.2, -0.15) is 0 Å². The maximum atomic E-state index is 12.7. The number of hydrogen-bond acceptors (Lipinski definition) is 12. The molecule has 2 aromatic rings. The maximum absolute atomic E-state index is 12.7. The molecule has 2 aliphatic rings. The van der Waals surface area contributed by atoms with Gasteiger partial charge in [0.25, 0.3) is 5.91 Å². The molecule has 39 heavy (non-hydrogen) atoms. The Morgan fingerprint density at radius 2 is 1.67 bits per heavy atom. The molecule has 8 N–H and O–H groups in total. The van der Waals surface area contributed by atoms with Crippen LogP contribution < -0.4 is 27.0 Å². The fourth-order valence-electron chi connectivity index (χ4n) is 4.55. The van der Waals surface area contributed by atoms with Crippen molar-refractivity contribution in [2.45, 2.75) is 43.8 Å². The van der Waals surface area contributed by atoms with E-state index in [-0.39, 0.29) is 28.8 Å². The van der Waals surface area contributed by atoms with E-state index in [0.29, 0.717) is 50.1 Å².